The Kier molecular flexibility index (Phi) is 3.05. The molecule has 86 valence electrons. The van der Waals surface area contributed by atoms with Gasteiger partial charge in [0.05, 0.1) is 6.61 Å². The van der Waals surface area contributed by atoms with Gasteiger partial charge < -0.3 is 15.0 Å². The zero-order valence-corrected chi connectivity index (χ0v) is 8.85. The molecule has 1 aromatic heterocycles. The molecule has 0 aromatic carbocycles. The molecule has 5 heteroatoms. The molecule has 1 amide bonds. The molecule has 1 fully saturated rings. The third-order valence-corrected chi connectivity index (χ3v) is 2.61. The van der Waals surface area contributed by atoms with Gasteiger partial charge in [-0.2, -0.15) is 0 Å². The Hall–Kier alpha value is -1.62. The van der Waals surface area contributed by atoms with E-state index in [0.29, 0.717) is 12.1 Å². The molecule has 0 unspecified atom stereocenters. The van der Waals surface area contributed by atoms with E-state index < -0.39 is 0 Å². The number of hydrogen-bond donors (Lipinski definition) is 2. The average molecular weight is 222 g/mol. The summed E-state index contributed by atoms with van der Waals surface area (Å²) in [5, 5.41) is 8.90. The van der Waals surface area contributed by atoms with Gasteiger partial charge in [0.15, 0.2) is 0 Å². The number of nitrogens with zero attached hydrogens (tertiary/aromatic N) is 1. The highest BCUT2D eigenvalue weighted by atomic mass is 16.3. The minimum absolute atomic E-state index is 0.0502. The number of hydrogen-bond acceptors (Lipinski definition) is 3. The summed E-state index contributed by atoms with van der Waals surface area (Å²) in [6, 6.07) is 3.10. The van der Waals surface area contributed by atoms with Crippen LogP contribution in [-0.4, -0.2) is 40.1 Å². The molecule has 1 aliphatic rings. The largest absolute Gasteiger partial charge is 0.395 e. The van der Waals surface area contributed by atoms with E-state index in [1.807, 2.05) is 0 Å². The number of aromatic amines is 1. The highest BCUT2D eigenvalue weighted by molar-refractivity contribution is 5.94. The maximum atomic E-state index is 12.0. The van der Waals surface area contributed by atoms with Crippen LogP contribution >= 0.6 is 0 Å². The van der Waals surface area contributed by atoms with E-state index in [0.717, 1.165) is 12.8 Å². The quantitative estimate of drug-likeness (QED) is 0.751. The highest BCUT2D eigenvalue weighted by Gasteiger charge is 2.32. The van der Waals surface area contributed by atoms with E-state index in [1.165, 1.54) is 12.3 Å². The van der Waals surface area contributed by atoms with Gasteiger partial charge in [0.2, 0.25) is 5.56 Å². The van der Waals surface area contributed by atoms with Crippen LogP contribution in [0.2, 0.25) is 0 Å². The topological polar surface area (TPSA) is 73.4 Å². The lowest BCUT2D eigenvalue weighted by molar-refractivity contribution is 0.0707. The number of H-pyrrole nitrogens is 1. The Morgan fingerprint density at radius 3 is 2.88 bits per heavy atom. The van der Waals surface area contributed by atoms with Crippen molar-refractivity contribution in [2.75, 3.05) is 13.2 Å². The first kappa shape index (κ1) is 10.9. The molecule has 1 saturated carbocycles. The van der Waals surface area contributed by atoms with Gasteiger partial charge in [-0.05, 0) is 18.9 Å². The molecule has 1 aliphatic carbocycles. The van der Waals surface area contributed by atoms with Gasteiger partial charge in [-0.1, -0.05) is 0 Å². The smallest absolute Gasteiger partial charge is 0.254 e. The fraction of sp³-hybridized carbons (Fsp3) is 0.455. The Morgan fingerprint density at radius 2 is 2.31 bits per heavy atom. The molecule has 5 nitrogen and oxygen atoms in total. The van der Waals surface area contributed by atoms with Gasteiger partial charge in [-0.15, -0.1) is 0 Å². The van der Waals surface area contributed by atoms with Crippen LogP contribution in [0.25, 0.3) is 0 Å². The van der Waals surface area contributed by atoms with Crippen LogP contribution < -0.4 is 5.56 Å². The number of rotatable bonds is 4. The van der Waals surface area contributed by atoms with Gasteiger partial charge in [-0.3, -0.25) is 9.59 Å². The van der Waals surface area contributed by atoms with Gasteiger partial charge in [0.25, 0.3) is 5.91 Å². The lowest BCUT2D eigenvalue weighted by Crippen LogP contribution is -2.35. The molecular formula is C11H14N2O3. The Balaban J connectivity index is 2.18. The Bertz CT molecular complexity index is 437. The minimum Gasteiger partial charge on any atom is -0.395 e. The fourth-order valence-electron chi connectivity index (χ4n) is 1.69. The third-order valence-electron chi connectivity index (χ3n) is 2.61. The van der Waals surface area contributed by atoms with Crippen LogP contribution in [0.4, 0.5) is 0 Å². The second kappa shape index (κ2) is 4.49. The molecule has 0 aliphatic heterocycles. The molecular weight excluding hydrogens is 208 g/mol. The first-order chi connectivity index (χ1) is 7.72. The number of aliphatic hydroxyl groups is 1. The van der Waals surface area contributed by atoms with Crippen molar-refractivity contribution < 1.29 is 9.90 Å². The molecule has 0 radical (unpaired) electrons. The van der Waals surface area contributed by atoms with Crippen LogP contribution in [0.1, 0.15) is 23.2 Å². The second-order valence-electron chi connectivity index (χ2n) is 3.89. The number of amides is 1. The zero-order chi connectivity index (χ0) is 11.5. The lowest BCUT2D eigenvalue weighted by atomic mass is 10.2. The minimum atomic E-state index is -0.286. The maximum absolute atomic E-state index is 12.0. The van der Waals surface area contributed by atoms with Crippen molar-refractivity contribution in [2.45, 2.75) is 18.9 Å². The molecule has 0 saturated heterocycles. The summed E-state index contributed by atoms with van der Waals surface area (Å²) in [4.78, 5) is 27.2. The maximum Gasteiger partial charge on any atom is 0.254 e. The molecule has 2 rings (SSSR count). The van der Waals surface area contributed by atoms with E-state index in [1.54, 1.807) is 11.0 Å². The van der Waals surface area contributed by atoms with Gasteiger partial charge in [0.1, 0.15) is 0 Å². The van der Waals surface area contributed by atoms with Crippen LogP contribution in [0.15, 0.2) is 23.1 Å². The summed E-state index contributed by atoms with van der Waals surface area (Å²) in [6.07, 6.45) is 3.42. The summed E-state index contributed by atoms with van der Waals surface area (Å²) in [6.45, 7) is 0.279. The fourth-order valence-corrected chi connectivity index (χ4v) is 1.69. The lowest BCUT2D eigenvalue weighted by Gasteiger charge is -2.21. The van der Waals surface area contributed by atoms with E-state index in [9.17, 15) is 9.59 Å². The molecule has 1 aromatic rings. The monoisotopic (exact) mass is 222 g/mol. The molecule has 2 N–H and O–H groups in total. The van der Waals surface area contributed by atoms with Crippen molar-refractivity contribution in [3.63, 3.8) is 0 Å². The van der Waals surface area contributed by atoms with Crippen molar-refractivity contribution in [1.29, 1.82) is 0 Å². The van der Waals surface area contributed by atoms with Gasteiger partial charge >= 0.3 is 0 Å². The summed E-state index contributed by atoms with van der Waals surface area (Å²) in [5.41, 5.74) is 0.0923. The third kappa shape index (κ3) is 2.30. The number of nitrogens with one attached hydrogen (secondary N) is 1. The number of carbonyl (C=O) groups is 1. The standard InChI is InChI=1S/C11H14N2O3/c14-6-5-13(9-1-2-9)11(16)8-3-4-12-10(15)7-8/h3-4,7,9,14H,1-2,5-6H2,(H,12,15). The summed E-state index contributed by atoms with van der Waals surface area (Å²) < 4.78 is 0. The first-order valence-electron chi connectivity index (χ1n) is 5.33. The van der Waals surface area contributed by atoms with Crippen molar-refractivity contribution in [1.82, 2.24) is 9.88 Å². The van der Waals surface area contributed by atoms with Crippen LogP contribution in [0.5, 0.6) is 0 Å². The Morgan fingerprint density at radius 1 is 1.56 bits per heavy atom. The molecule has 1 heterocycles. The first-order valence-corrected chi connectivity index (χ1v) is 5.33. The summed E-state index contributed by atoms with van der Waals surface area (Å²) >= 11 is 0. The van der Waals surface area contributed by atoms with Crippen LogP contribution in [-0.2, 0) is 0 Å². The predicted molar refractivity (Wildman–Crippen MR) is 58.2 cm³/mol. The number of aliphatic hydroxyl groups excluding tert-OH is 1. The van der Waals surface area contributed by atoms with E-state index >= 15 is 0 Å². The molecule has 16 heavy (non-hydrogen) atoms. The van der Waals surface area contributed by atoms with Crippen LogP contribution in [0, 0.1) is 0 Å². The molecule has 0 atom stereocenters. The van der Waals surface area contributed by atoms with E-state index in [4.69, 9.17) is 5.11 Å². The number of pyridine rings is 1. The van der Waals surface area contributed by atoms with Crippen LogP contribution in [0.3, 0.4) is 0 Å². The molecule has 0 spiro atoms. The Labute approximate surface area is 92.7 Å². The zero-order valence-electron chi connectivity index (χ0n) is 8.85. The van der Waals surface area contributed by atoms with Gasteiger partial charge in [0, 0.05) is 30.4 Å². The highest BCUT2D eigenvalue weighted by Crippen LogP contribution is 2.27. The summed E-state index contributed by atoms with van der Waals surface area (Å²) in [5.74, 6) is -0.178. The summed E-state index contributed by atoms with van der Waals surface area (Å²) in [7, 11) is 0. The number of aromatic nitrogens is 1. The predicted octanol–water partition coefficient (Wildman–Crippen LogP) is -0.0282. The van der Waals surface area contributed by atoms with Crippen molar-refractivity contribution in [3.8, 4) is 0 Å². The van der Waals surface area contributed by atoms with E-state index in [-0.39, 0.29) is 24.1 Å². The van der Waals surface area contributed by atoms with Crippen molar-refractivity contribution in [3.05, 3.63) is 34.2 Å². The molecule has 0 bridgehead atoms. The average Bonchev–Trinajstić information content (AvgIpc) is 3.09. The normalized spacial score (nSPS) is 14.8. The van der Waals surface area contributed by atoms with Crippen molar-refractivity contribution >= 4 is 5.91 Å². The number of carbonyl (C=O) groups excluding carboxylic acids is 1. The second-order valence-corrected chi connectivity index (χ2v) is 3.89. The van der Waals surface area contributed by atoms with Gasteiger partial charge in [-0.25, -0.2) is 0 Å². The SMILES string of the molecule is O=C(c1cc[nH]c(=O)c1)N(CCO)C1CC1. The van der Waals surface area contributed by atoms with Crippen molar-refractivity contribution in [2.24, 2.45) is 0 Å². The van der Waals surface area contributed by atoms with E-state index in [2.05, 4.69) is 4.98 Å².